The fraction of sp³-hybridized carbons (Fsp3) is 0.278. The van der Waals surface area contributed by atoms with E-state index in [9.17, 15) is 4.79 Å². The largest absolute Gasteiger partial charge is 0.492 e. The highest BCUT2D eigenvalue weighted by molar-refractivity contribution is 6.30. The highest BCUT2D eigenvalue weighted by atomic mass is 35.5. The van der Waals surface area contributed by atoms with Crippen LogP contribution in [0.15, 0.2) is 54.6 Å². The van der Waals surface area contributed by atoms with Gasteiger partial charge in [-0.3, -0.25) is 9.69 Å². The highest BCUT2D eigenvalue weighted by Gasteiger charge is 2.06. The molecule has 122 valence electrons. The minimum atomic E-state index is -0.000825. The summed E-state index contributed by atoms with van der Waals surface area (Å²) in [6.45, 7) is 2.05. The number of nitrogens with one attached hydrogen (secondary N) is 1. The lowest BCUT2D eigenvalue weighted by atomic mass is 10.2. The van der Waals surface area contributed by atoms with Crippen molar-refractivity contribution in [2.45, 2.75) is 6.54 Å². The third-order valence-electron chi connectivity index (χ3n) is 3.28. The van der Waals surface area contributed by atoms with E-state index in [0.717, 1.165) is 11.3 Å². The molecule has 0 unspecified atom stereocenters. The second kappa shape index (κ2) is 9.18. The van der Waals surface area contributed by atoms with Gasteiger partial charge in [0.1, 0.15) is 12.4 Å². The third-order valence-corrected chi connectivity index (χ3v) is 3.52. The van der Waals surface area contributed by atoms with Gasteiger partial charge in [0.15, 0.2) is 0 Å². The van der Waals surface area contributed by atoms with Crippen molar-refractivity contribution in [2.75, 3.05) is 26.7 Å². The molecule has 0 saturated carbocycles. The van der Waals surface area contributed by atoms with E-state index < -0.39 is 0 Å². The monoisotopic (exact) mass is 332 g/mol. The molecule has 0 heterocycles. The van der Waals surface area contributed by atoms with Crippen LogP contribution in [-0.2, 0) is 11.3 Å². The van der Waals surface area contributed by atoms with Gasteiger partial charge in [-0.2, -0.15) is 0 Å². The molecule has 0 spiro atoms. The van der Waals surface area contributed by atoms with E-state index in [4.69, 9.17) is 16.3 Å². The van der Waals surface area contributed by atoms with Gasteiger partial charge in [-0.1, -0.05) is 48.0 Å². The molecule has 4 nitrogen and oxygen atoms in total. The number of nitrogens with zero attached hydrogens (tertiary/aromatic N) is 1. The summed E-state index contributed by atoms with van der Waals surface area (Å²) < 4.78 is 5.61. The molecule has 0 bridgehead atoms. The highest BCUT2D eigenvalue weighted by Crippen LogP contribution is 2.16. The summed E-state index contributed by atoms with van der Waals surface area (Å²) in [4.78, 5) is 13.8. The molecule has 0 aliphatic heterocycles. The number of benzene rings is 2. The lowest BCUT2D eigenvalue weighted by Gasteiger charge is -2.16. The molecule has 2 aromatic carbocycles. The first-order chi connectivity index (χ1) is 11.1. The minimum absolute atomic E-state index is 0.000825. The van der Waals surface area contributed by atoms with Crippen LogP contribution in [0.4, 0.5) is 0 Å². The number of halogens is 1. The van der Waals surface area contributed by atoms with Crippen molar-refractivity contribution in [2.24, 2.45) is 0 Å². The Balaban J connectivity index is 1.64. The normalized spacial score (nSPS) is 10.6. The summed E-state index contributed by atoms with van der Waals surface area (Å²) in [6.07, 6.45) is 0. The van der Waals surface area contributed by atoms with Crippen LogP contribution in [0.25, 0.3) is 0 Å². The summed E-state index contributed by atoms with van der Waals surface area (Å²) in [5.74, 6) is 0.735. The number of amides is 1. The van der Waals surface area contributed by atoms with Crippen molar-refractivity contribution in [1.82, 2.24) is 10.2 Å². The van der Waals surface area contributed by atoms with Gasteiger partial charge in [0.05, 0.1) is 6.54 Å². The summed E-state index contributed by atoms with van der Waals surface area (Å²) >= 11 is 5.90. The van der Waals surface area contributed by atoms with Gasteiger partial charge >= 0.3 is 0 Å². The van der Waals surface area contributed by atoms with Gasteiger partial charge in [-0.15, -0.1) is 0 Å². The Hall–Kier alpha value is -2.04. The quantitative estimate of drug-likeness (QED) is 0.808. The molecule has 0 aliphatic carbocycles. The van der Waals surface area contributed by atoms with Crippen LogP contribution in [0, 0.1) is 0 Å². The Morgan fingerprint density at radius 1 is 1.17 bits per heavy atom. The van der Waals surface area contributed by atoms with Crippen LogP contribution in [0.2, 0.25) is 5.02 Å². The summed E-state index contributed by atoms with van der Waals surface area (Å²) in [7, 11) is 1.89. The van der Waals surface area contributed by atoms with E-state index in [1.54, 1.807) is 12.1 Å². The smallest absolute Gasteiger partial charge is 0.234 e. The lowest BCUT2D eigenvalue weighted by Crippen LogP contribution is -2.36. The van der Waals surface area contributed by atoms with Crippen molar-refractivity contribution >= 4 is 17.5 Å². The van der Waals surface area contributed by atoms with Gasteiger partial charge in [0, 0.05) is 18.1 Å². The molecule has 23 heavy (non-hydrogen) atoms. The van der Waals surface area contributed by atoms with Crippen LogP contribution in [0.3, 0.4) is 0 Å². The summed E-state index contributed by atoms with van der Waals surface area (Å²) in [6, 6.07) is 17.1. The number of carbonyl (C=O) groups excluding carboxylic acids is 1. The van der Waals surface area contributed by atoms with Gasteiger partial charge < -0.3 is 10.1 Å². The maximum absolute atomic E-state index is 11.9. The van der Waals surface area contributed by atoms with Crippen LogP contribution >= 0.6 is 11.6 Å². The molecule has 2 aromatic rings. The van der Waals surface area contributed by atoms with E-state index >= 15 is 0 Å². The van der Waals surface area contributed by atoms with Gasteiger partial charge in [-0.05, 0) is 30.8 Å². The number of rotatable bonds is 8. The third kappa shape index (κ3) is 6.72. The van der Waals surface area contributed by atoms with Crippen molar-refractivity contribution in [3.8, 4) is 5.75 Å². The number of hydrogen-bond donors (Lipinski definition) is 1. The first-order valence-corrected chi connectivity index (χ1v) is 7.89. The lowest BCUT2D eigenvalue weighted by molar-refractivity contribution is -0.122. The molecule has 0 fully saturated rings. The van der Waals surface area contributed by atoms with Crippen molar-refractivity contribution in [3.63, 3.8) is 0 Å². The number of likely N-dealkylation sites (N-methyl/N-ethyl adjacent to an activating group) is 1. The number of ether oxygens (including phenoxy) is 1. The topological polar surface area (TPSA) is 41.6 Å². The van der Waals surface area contributed by atoms with Crippen LogP contribution in [0.1, 0.15) is 5.56 Å². The molecule has 1 amide bonds. The van der Waals surface area contributed by atoms with Gasteiger partial charge in [-0.25, -0.2) is 0 Å². The zero-order chi connectivity index (χ0) is 16.5. The Kier molecular flexibility index (Phi) is 6.91. The molecule has 0 radical (unpaired) electrons. The second-order valence-electron chi connectivity index (χ2n) is 5.31. The Morgan fingerprint density at radius 2 is 1.96 bits per heavy atom. The Morgan fingerprint density at radius 3 is 2.70 bits per heavy atom. The van der Waals surface area contributed by atoms with E-state index in [2.05, 4.69) is 5.32 Å². The van der Waals surface area contributed by atoms with Crippen LogP contribution < -0.4 is 10.1 Å². The van der Waals surface area contributed by atoms with E-state index in [-0.39, 0.29) is 5.91 Å². The molecule has 1 N–H and O–H groups in total. The minimum Gasteiger partial charge on any atom is -0.492 e. The fourth-order valence-corrected chi connectivity index (χ4v) is 2.23. The van der Waals surface area contributed by atoms with E-state index in [0.29, 0.717) is 31.3 Å². The van der Waals surface area contributed by atoms with Crippen molar-refractivity contribution in [3.05, 3.63) is 65.2 Å². The molecule has 0 aromatic heterocycles. The molecular weight excluding hydrogens is 312 g/mol. The average Bonchev–Trinajstić information content (AvgIpc) is 2.54. The first-order valence-electron chi connectivity index (χ1n) is 7.51. The zero-order valence-corrected chi connectivity index (χ0v) is 13.9. The van der Waals surface area contributed by atoms with Gasteiger partial charge in [0.25, 0.3) is 0 Å². The van der Waals surface area contributed by atoms with Crippen LogP contribution in [-0.4, -0.2) is 37.6 Å². The number of hydrogen-bond acceptors (Lipinski definition) is 3. The number of carbonyl (C=O) groups is 1. The van der Waals surface area contributed by atoms with Crippen molar-refractivity contribution in [1.29, 1.82) is 0 Å². The Labute approximate surface area is 142 Å². The SMILES string of the molecule is CN(CCOc1cccc(Cl)c1)CC(=O)NCc1ccccc1. The Bertz CT molecular complexity index is 619. The maximum atomic E-state index is 11.9. The molecule has 2 rings (SSSR count). The molecule has 0 saturated heterocycles. The second-order valence-corrected chi connectivity index (χ2v) is 5.74. The molecule has 0 aliphatic rings. The first kappa shape index (κ1) is 17.3. The van der Waals surface area contributed by atoms with Crippen molar-refractivity contribution < 1.29 is 9.53 Å². The zero-order valence-electron chi connectivity index (χ0n) is 13.2. The summed E-state index contributed by atoms with van der Waals surface area (Å²) in [5.41, 5.74) is 1.09. The molecule has 5 heteroatoms. The maximum Gasteiger partial charge on any atom is 0.234 e. The van der Waals surface area contributed by atoms with Gasteiger partial charge in [0.2, 0.25) is 5.91 Å². The standard InChI is InChI=1S/C18H21ClN2O2/c1-21(10-11-23-17-9-5-8-16(19)12-17)14-18(22)20-13-15-6-3-2-4-7-15/h2-9,12H,10-11,13-14H2,1H3,(H,20,22). The summed E-state index contributed by atoms with van der Waals surface area (Å²) in [5, 5.41) is 3.56. The average molecular weight is 333 g/mol. The van der Waals surface area contributed by atoms with E-state index in [1.807, 2.05) is 54.4 Å². The van der Waals surface area contributed by atoms with Crippen LogP contribution in [0.5, 0.6) is 5.75 Å². The molecule has 0 atom stereocenters. The fourth-order valence-electron chi connectivity index (χ4n) is 2.05. The van der Waals surface area contributed by atoms with E-state index in [1.165, 1.54) is 0 Å². The predicted molar refractivity (Wildman–Crippen MR) is 92.7 cm³/mol. The molecular formula is C18H21ClN2O2. The predicted octanol–water partition coefficient (Wildman–Crippen LogP) is 2.97.